The third-order valence-corrected chi connectivity index (χ3v) is 5.54. The molecule has 1 saturated heterocycles. The fourth-order valence-corrected chi connectivity index (χ4v) is 3.95. The van der Waals surface area contributed by atoms with E-state index in [1.165, 1.54) is 0 Å². The monoisotopic (exact) mass is 324 g/mol. The van der Waals surface area contributed by atoms with Crippen LogP contribution in [0, 0.1) is 5.92 Å². The van der Waals surface area contributed by atoms with Crippen molar-refractivity contribution >= 4 is 11.8 Å². The Labute approximate surface area is 140 Å². The minimum Gasteiger partial charge on any atom is -0.389 e. The average Bonchev–Trinajstić information content (AvgIpc) is 2.56. The first-order chi connectivity index (χ1) is 11.0. The fraction of sp³-hybridized carbons (Fsp3) is 0.889. The second-order valence-corrected chi connectivity index (χ2v) is 7.13. The van der Waals surface area contributed by atoms with E-state index < -0.39 is 5.60 Å². The quantitative estimate of drug-likeness (QED) is 0.843. The summed E-state index contributed by atoms with van der Waals surface area (Å²) >= 11 is 0. The van der Waals surface area contributed by atoms with Crippen LogP contribution in [0.1, 0.15) is 65.2 Å². The molecule has 0 bridgehead atoms. The number of aliphatic hydroxyl groups is 1. The molecule has 0 unspecified atom stereocenters. The van der Waals surface area contributed by atoms with Gasteiger partial charge in [-0.2, -0.15) is 0 Å². The Hall–Kier alpha value is -1.10. The molecule has 2 rings (SSSR count). The minimum absolute atomic E-state index is 0.0525. The molecule has 2 fully saturated rings. The van der Waals surface area contributed by atoms with Gasteiger partial charge in [0, 0.05) is 32.1 Å². The van der Waals surface area contributed by atoms with Gasteiger partial charge in [0.05, 0.1) is 12.0 Å². The number of likely N-dealkylation sites (tertiary alicyclic amines) is 1. The minimum atomic E-state index is -0.788. The maximum Gasteiger partial charge on any atom is 0.225 e. The van der Waals surface area contributed by atoms with Crippen LogP contribution >= 0.6 is 0 Å². The zero-order chi connectivity index (χ0) is 16.9. The summed E-state index contributed by atoms with van der Waals surface area (Å²) < 4.78 is 0. The molecule has 1 aliphatic heterocycles. The average molecular weight is 324 g/mol. The Bertz CT molecular complexity index is 406. The van der Waals surface area contributed by atoms with E-state index in [4.69, 9.17) is 0 Å². The van der Waals surface area contributed by atoms with E-state index in [1.807, 2.05) is 23.6 Å². The largest absolute Gasteiger partial charge is 0.389 e. The predicted molar refractivity (Wildman–Crippen MR) is 89.9 cm³/mol. The number of piperidine rings is 1. The molecule has 0 spiro atoms. The van der Waals surface area contributed by atoms with Crippen LogP contribution in [0.2, 0.25) is 0 Å². The van der Waals surface area contributed by atoms with E-state index >= 15 is 0 Å². The van der Waals surface area contributed by atoms with Gasteiger partial charge in [0.25, 0.3) is 0 Å². The van der Waals surface area contributed by atoms with Crippen molar-refractivity contribution in [1.29, 1.82) is 0 Å². The van der Waals surface area contributed by atoms with Crippen LogP contribution in [0.3, 0.4) is 0 Å². The summed E-state index contributed by atoms with van der Waals surface area (Å²) in [5.74, 6) is 0.341. The number of amides is 2. The van der Waals surface area contributed by atoms with Crippen LogP contribution in [0.25, 0.3) is 0 Å². The lowest BCUT2D eigenvalue weighted by molar-refractivity contribution is -0.143. The van der Waals surface area contributed by atoms with Gasteiger partial charge in [0.15, 0.2) is 0 Å². The molecule has 1 saturated carbocycles. The Morgan fingerprint density at radius 2 is 1.65 bits per heavy atom. The van der Waals surface area contributed by atoms with Crippen molar-refractivity contribution in [2.24, 2.45) is 5.92 Å². The number of nitrogens with zero attached hydrogens (tertiary/aromatic N) is 2. The lowest BCUT2D eigenvalue weighted by Gasteiger charge is -2.37. The lowest BCUT2D eigenvalue weighted by atomic mass is 9.82. The maximum absolute atomic E-state index is 12.5. The van der Waals surface area contributed by atoms with Crippen molar-refractivity contribution < 1.29 is 14.7 Å². The summed E-state index contributed by atoms with van der Waals surface area (Å²) in [5.41, 5.74) is -0.788. The molecule has 0 atom stereocenters. The van der Waals surface area contributed by atoms with E-state index in [-0.39, 0.29) is 24.2 Å². The van der Waals surface area contributed by atoms with E-state index in [0.717, 1.165) is 58.0 Å². The van der Waals surface area contributed by atoms with Crippen LogP contribution in [-0.4, -0.2) is 58.5 Å². The smallest absolute Gasteiger partial charge is 0.225 e. The highest BCUT2D eigenvalue weighted by molar-refractivity contribution is 5.80. The summed E-state index contributed by atoms with van der Waals surface area (Å²) in [5, 5.41) is 10.5. The molecule has 5 heteroatoms. The Morgan fingerprint density at radius 3 is 2.17 bits per heavy atom. The molecule has 1 heterocycles. The Balaban J connectivity index is 1.81. The number of rotatable bonds is 5. The van der Waals surface area contributed by atoms with Crippen molar-refractivity contribution in [2.75, 3.05) is 26.2 Å². The van der Waals surface area contributed by atoms with Gasteiger partial charge in [-0.15, -0.1) is 0 Å². The molecule has 0 aromatic rings. The van der Waals surface area contributed by atoms with Gasteiger partial charge in [-0.05, 0) is 39.5 Å². The number of carbonyl (C=O) groups is 2. The summed E-state index contributed by atoms with van der Waals surface area (Å²) in [7, 11) is 0. The molecule has 132 valence electrons. The molecule has 2 aliphatic rings. The predicted octanol–water partition coefficient (Wildman–Crippen LogP) is 2.18. The first-order valence-corrected chi connectivity index (χ1v) is 9.28. The van der Waals surface area contributed by atoms with E-state index in [2.05, 4.69) is 0 Å². The third-order valence-electron chi connectivity index (χ3n) is 5.54. The molecule has 1 aliphatic carbocycles. The highest BCUT2D eigenvalue weighted by Gasteiger charge is 2.35. The van der Waals surface area contributed by atoms with Crippen molar-refractivity contribution in [2.45, 2.75) is 70.8 Å². The molecule has 0 aromatic carbocycles. The van der Waals surface area contributed by atoms with Crippen LogP contribution in [0.15, 0.2) is 0 Å². The zero-order valence-corrected chi connectivity index (χ0v) is 14.7. The fourth-order valence-electron chi connectivity index (χ4n) is 3.95. The van der Waals surface area contributed by atoms with Crippen molar-refractivity contribution in [3.05, 3.63) is 0 Å². The van der Waals surface area contributed by atoms with E-state index in [0.29, 0.717) is 13.1 Å². The molecule has 2 amide bonds. The molecule has 1 N–H and O–H groups in total. The standard InChI is InChI=1S/C18H32N2O3/c1-3-19(4-2)17(22)15-8-12-20(13-9-15)16(21)14-18(23)10-6-5-7-11-18/h15,23H,3-14H2,1-2H3. The second-order valence-electron chi connectivity index (χ2n) is 7.13. The maximum atomic E-state index is 12.5. The van der Waals surface area contributed by atoms with Crippen LogP contribution in [-0.2, 0) is 9.59 Å². The Kier molecular flexibility index (Phi) is 6.45. The number of carbonyl (C=O) groups excluding carboxylic acids is 2. The molecule has 0 radical (unpaired) electrons. The lowest BCUT2D eigenvalue weighted by Crippen LogP contribution is -2.46. The van der Waals surface area contributed by atoms with Crippen LogP contribution < -0.4 is 0 Å². The summed E-state index contributed by atoms with van der Waals surface area (Å²) in [6.07, 6.45) is 6.44. The normalized spacial score (nSPS) is 22.0. The molecular weight excluding hydrogens is 292 g/mol. The van der Waals surface area contributed by atoms with E-state index in [1.54, 1.807) is 0 Å². The third kappa shape index (κ3) is 4.69. The second kappa shape index (κ2) is 8.13. The zero-order valence-electron chi connectivity index (χ0n) is 14.7. The van der Waals surface area contributed by atoms with Gasteiger partial charge >= 0.3 is 0 Å². The van der Waals surface area contributed by atoms with Gasteiger partial charge in [0.1, 0.15) is 0 Å². The van der Waals surface area contributed by atoms with Gasteiger partial charge in [-0.1, -0.05) is 19.3 Å². The number of hydrogen-bond acceptors (Lipinski definition) is 3. The van der Waals surface area contributed by atoms with Crippen molar-refractivity contribution in [3.63, 3.8) is 0 Å². The van der Waals surface area contributed by atoms with Crippen LogP contribution in [0.4, 0.5) is 0 Å². The molecule has 5 nitrogen and oxygen atoms in total. The van der Waals surface area contributed by atoms with E-state index in [9.17, 15) is 14.7 Å². The van der Waals surface area contributed by atoms with Gasteiger partial charge in [-0.25, -0.2) is 0 Å². The Morgan fingerprint density at radius 1 is 1.09 bits per heavy atom. The number of hydrogen-bond donors (Lipinski definition) is 1. The topological polar surface area (TPSA) is 60.9 Å². The molecular formula is C18H32N2O3. The summed E-state index contributed by atoms with van der Waals surface area (Å²) in [6.45, 7) is 6.80. The summed E-state index contributed by atoms with van der Waals surface area (Å²) in [6, 6.07) is 0. The van der Waals surface area contributed by atoms with Crippen LogP contribution in [0.5, 0.6) is 0 Å². The van der Waals surface area contributed by atoms with Gasteiger partial charge in [-0.3, -0.25) is 9.59 Å². The highest BCUT2D eigenvalue weighted by atomic mass is 16.3. The molecule has 23 heavy (non-hydrogen) atoms. The highest BCUT2D eigenvalue weighted by Crippen LogP contribution is 2.32. The van der Waals surface area contributed by atoms with Crippen molar-refractivity contribution in [3.8, 4) is 0 Å². The van der Waals surface area contributed by atoms with Gasteiger partial charge in [0.2, 0.25) is 11.8 Å². The first kappa shape index (κ1) is 18.2. The summed E-state index contributed by atoms with van der Waals surface area (Å²) in [4.78, 5) is 28.6. The SMILES string of the molecule is CCN(CC)C(=O)C1CCN(C(=O)CC2(O)CCCCC2)CC1. The van der Waals surface area contributed by atoms with Crippen molar-refractivity contribution in [1.82, 2.24) is 9.80 Å². The first-order valence-electron chi connectivity index (χ1n) is 9.28. The molecule has 0 aromatic heterocycles. The van der Waals surface area contributed by atoms with Gasteiger partial charge < -0.3 is 14.9 Å².